The summed E-state index contributed by atoms with van der Waals surface area (Å²) in [6, 6.07) is 0.140. The largest absolute Gasteiger partial charge is 0.431 e. The van der Waals surface area contributed by atoms with Gasteiger partial charge in [0, 0.05) is 33.3 Å². The second-order valence-electron chi connectivity index (χ2n) is 6.61. The normalized spacial score (nSPS) is 14.4. The number of urea groups is 2. The minimum atomic E-state index is -4.99. The van der Waals surface area contributed by atoms with Gasteiger partial charge in [0.1, 0.15) is 11.5 Å². The molecule has 1 fully saturated rings. The molecule has 9 nitrogen and oxygen atoms in total. The molecule has 2 aromatic rings. The Morgan fingerprint density at radius 3 is 2.29 bits per heavy atom. The predicted octanol–water partition coefficient (Wildman–Crippen LogP) is 2.25. The van der Waals surface area contributed by atoms with Gasteiger partial charge in [0.2, 0.25) is 0 Å². The van der Waals surface area contributed by atoms with Gasteiger partial charge in [0.05, 0.1) is 16.4 Å². The van der Waals surface area contributed by atoms with Crippen molar-refractivity contribution < 1.29 is 27.2 Å². The van der Waals surface area contributed by atoms with Gasteiger partial charge in [-0.25, -0.2) is 28.2 Å². The van der Waals surface area contributed by atoms with E-state index in [4.69, 9.17) is 11.6 Å². The van der Waals surface area contributed by atoms with Crippen molar-refractivity contribution in [3.05, 3.63) is 55.6 Å². The molecule has 0 atom stereocenters. The van der Waals surface area contributed by atoms with Gasteiger partial charge >= 0.3 is 23.9 Å². The Labute approximate surface area is 176 Å². The van der Waals surface area contributed by atoms with Gasteiger partial charge in [-0.3, -0.25) is 9.36 Å². The third kappa shape index (κ3) is 4.00. The van der Waals surface area contributed by atoms with E-state index in [1.54, 1.807) is 0 Å². The summed E-state index contributed by atoms with van der Waals surface area (Å²) in [5, 5.41) is 1.94. The van der Waals surface area contributed by atoms with E-state index >= 15 is 0 Å². The van der Waals surface area contributed by atoms with Gasteiger partial charge < -0.3 is 10.2 Å². The molecule has 166 valence electrons. The van der Waals surface area contributed by atoms with Gasteiger partial charge in [0.15, 0.2) is 0 Å². The van der Waals surface area contributed by atoms with Crippen LogP contribution in [0.15, 0.2) is 27.8 Å². The van der Waals surface area contributed by atoms with Crippen molar-refractivity contribution in [3.8, 4) is 5.69 Å². The van der Waals surface area contributed by atoms with Gasteiger partial charge in [-0.05, 0) is 12.1 Å². The van der Waals surface area contributed by atoms with E-state index in [1.807, 2.05) is 0 Å². The first-order valence-electron chi connectivity index (χ1n) is 8.56. The SMILES string of the molecule is CN1CCN(C(=O)Nc2cc(-n3c(=O)cc(C(F)(F)F)n(C)c3=O)c(F)cc2Cl)C1=O. The smallest absolute Gasteiger partial charge is 0.326 e. The molecule has 1 aliphatic rings. The Morgan fingerprint density at radius 2 is 1.74 bits per heavy atom. The van der Waals surface area contributed by atoms with Crippen LogP contribution in [0.5, 0.6) is 0 Å². The first-order chi connectivity index (χ1) is 14.3. The monoisotopic (exact) mass is 463 g/mol. The number of anilines is 1. The predicted molar refractivity (Wildman–Crippen MR) is 101 cm³/mol. The summed E-state index contributed by atoms with van der Waals surface area (Å²) >= 11 is 5.91. The summed E-state index contributed by atoms with van der Waals surface area (Å²) in [6.45, 7) is 0.359. The molecule has 4 amide bonds. The molecule has 1 saturated heterocycles. The lowest BCUT2D eigenvalue weighted by Gasteiger charge is -2.17. The number of carbonyl (C=O) groups excluding carboxylic acids is 2. The molecule has 31 heavy (non-hydrogen) atoms. The molecule has 0 aliphatic carbocycles. The van der Waals surface area contributed by atoms with Crippen molar-refractivity contribution in [2.75, 3.05) is 25.5 Å². The van der Waals surface area contributed by atoms with Crippen LogP contribution >= 0.6 is 11.6 Å². The third-order valence-corrected chi connectivity index (χ3v) is 4.90. The lowest BCUT2D eigenvalue weighted by atomic mass is 10.2. The lowest BCUT2D eigenvalue weighted by molar-refractivity contribution is -0.144. The Morgan fingerprint density at radius 1 is 1.10 bits per heavy atom. The van der Waals surface area contributed by atoms with Crippen LogP contribution in [0.3, 0.4) is 0 Å². The van der Waals surface area contributed by atoms with E-state index in [0.717, 1.165) is 18.0 Å². The molecule has 1 aromatic heterocycles. The highest BCUT2D eigenvalue weighted by Crippen LogP contribution is 2.29. The highest BCUT2D eigenvalue weighted by atomic mass is 35.5. The van der Waals surface area contributed by atoms with Gasteiger partial charge in [-0.2, -0.15) is 13.2 Å². The fourth-order valence-electron chi connectivity index (χ4n) is 2.94. The number of likely N-dealkylation sites (N-methyl/N-ethyl adjacent to an activating group) is 1. The van der Waals surface area contributed by atoms with Crippen LogP contribution in [0, 0.1) is 5.82 Å². The number of amides is 4. The molecule has 0 spiro atoms. The average Bonchev–Trinajstić information content (AvgIpc) is 2.99. The van der Waals surface area contributed by atoms with Crippen LogP contribution in [-0.2, 0) is 13.2 Å². The molecule has 2 heterocycles. The maximum atomic E-state index is 14.5. The highest BCUT2D eigenvalue weighted by molar-refractivity contribution is 6.33. The maximum absolute atomic E-state index is 14.5. The first-order valence-corrected chi connectivity index (χ1v) is 8.94. The zero-order valence-electron chi connectivity index (χ0n) is 16.0. The van der Waals surface area contributed by atoms with E-state index in [9.17, 15) is 36.7 Å². The molecule has 0 unspecified atom stereocenters. The number of hydrogen-bond acceptors (Lipinski definition) is 4. The number of nitrogens with zero attached hydrogens (tertiary/aromatic N) is 4. The molecule has 0 radical (unpaired) electrons. The van der Waals surface area contributed by atoms with E-state index in [1.165, 1.54) is 11.9 Å². The lowest BCUT2D eigenvalue weighted by Crippen LogP contribution is -2.41. The summed E-state index contributed by atoms with van der Waals surface area (Å²) in [4.78, 5) is 51.0. The van der Waals surface area contributed by atoms with Crippen molar-refractivity contribution in [2.45, 2.75) is 6.18 Å². The number of halogens is 5. The van der Waals surface area contributed by atoms with Crippen LogP contribution in [0.1, 0.15) is 5.69 Å². The number of alkyl halides is 3. The van der Waals surface area contributed by atoms with E-state index < -0.39 is 46.7 Å². The second kappa shape index (κ2) is 7.72. The molecule has 3 rings (SSSR count). The Bertz CT molecular complexity index is 1210. The molecule has 0 bridgehead atoms. The number of imide groups is 1. The molecule has 0 saturated carbocycles. The third-order valence-electron chi connectivity index (χ3n) is 4.59. The van der Waals surface area contributed by atoms with Crippen molar-refractivity contribution in [1.82, 2.24) is 18.9 Å². The van der Waals surface area contributed by atoms with Crippen LogP contribution in [0.25, 0.3) is 5.69 Å². The summed E-state index contributed by atoms with van der Waals surface area (Å²) in [7, 11) is 2.25. The second-order valence-corrected chi connectivity index (χ2v) is 7.02. The molecule has 1 aromatic carbocycles. The standard InChI is InChI=1S/C17H14ClF4N5O4/c1-24-3-4-26(15(24)30)14(29)23-10-6-11(9(19)5-8(10)18)27-13(28)7-12(17(20,21)22)25(2)16(27)31/h5-7H,3-4H2,1-2H3,(H,23,29). The Kier molecular flexibility index (Phi) is 5.56. The molecular weight excluding hydrogens is 450 g/mol. The average molecular weight is 464 g/mol. The minimum Gasteiger partial charge on any atom is -0.326 e. The van der Waals surface area contributed by atoms with Crippen molar-refractivity contribution in [2.24, 2.45) is 7.05 Å². The van der Waals surface area contributed by atoms with Crippen LogP contribution in [0.2, 0.25) is 5.02 Å². The van der Waals surface area contributed by atoms with Crippen LogP contribution in [0.4, 0.5) is 32.8 Å². The topological polar surface area (TPSA) is 96.7 Å². The summed E-state index contributed by atoms with van der Waals surface area (Å²) in [5.41, 5.74) is -5.42. The number of benzene rings is 1. The van der Waals surface area contributed by atoms with Gasteiger partial charge in [-0.15, -0.1) is 0 Å². The quantitative estimate of drug-likeness (QED) is 0.691. The highest BCUT2D eigenvalue weighted by Gasteiger charge is 2.35. The number of carbonyl (C=O) groups is 2. The van der Waals surface area contributed by atoms with Crippen LogP contribution in [-0.4, -0.2) is 51.1 Å². The van der Waals surface area contributed by atoms with E-state index in [-0.39, 0.29) is 39.0 Å². The zero-order valence-corrected chi connectivity index (χ0v) is 16.7. The Hall–Kier alpha value is -3.35. The van der Waals surface area contributed by atoms with E-state index in [2.05, 4.69) is 5.32 Å². The molecular formula is C17H14ClF4N5O4. The van der Waals surface area contributed by atoms with Gasteiger partial charge in [0.25, 0.3) is 5.56 Å². The first kappa shape index (κ1) is 22.3. The molecule has 1 aliphatic heterocycles. The van der Waals surface area contributed by atoms with Crippen molar-refractivity contribution in [1.29, 1.82) is 0 Å². The number of rotatable bonds is 2. The van der Waals surface area contributed by atoms with Gasteiger partial charge in [-0.1, -0.05) is 11.6 Å². The fraction of sp³-hybridized carbons (Fsp3) is 0.294. The fourth-order valence-corrected chi connectivity index (χ4v) is 3.14. The Balaban J connectivity index is 2.08. The zero-order chi connectivity index (χ0) is 23.2. The van der Waals surface area contributed by atoms with Crippen LogP contribution < -0.4 is 16.6 Å². The summed E-state index contributed by atoms with van der Waals surface area (Å²) in [6.07, 6.45) is -4.99. The van der Waals surface area contributed by atoms with Crippen molar-refractivity contribution in [3.63, 3.8) is 0 Å². The minimum absolute atomic E-state index is 0.0751. The summed E-state index contributed by atoms with van der Waals surface area (Å²) < 4.78 is 53.8. The number of aromatic nitrogens is 2. The maximum Gasteiger partial charge on any atom is 0.431 e. The van der Waals surface area contributed by atoms with E-state index in [0.29, 0.717) is 6.07 Å². The molecule has 1 N–H and O–H groups in total. The van der Waals surface area contributed by atoms with Crippen molar-refractivity contribution >= 4 is 29.4 Å². The number of hydrogen-bond donors (Lipinski definition) is 1. The summed E-state index contributed by atoms with van der Waals surface area (Å²) in [5.74, 6) is -1.20. The number of nitrogens with one attached hydrogen (secondary N) is 1. The molecule has 14 heteroatoms.